The Morgan fingerprint density at radius 1 is 1.30 bits per heavy atom. The van der Waals surface area contributed by atoms with E-state index in [1.807, 2.05) is 34.5 Å². The summed E-state index contributed by atoms with van der Waals surface area (Å²) in [5, 5.41) is 6.08. The molecule has 116 valence electrons. The van der Waals surface area contributed by atoms with Crippen LogP contribution in [0.2, 0.25) is 0 Å². The summed E-state index contributed by atoms with van der Waals surface area (Å²) in [6, 6.07) is 7.68. The number of hydrogen-bond donors (Lipinski definition) is 0. The Labute approximate surface area is 136 Å². The standard InChI is InChI=1S/C16H14N4O2S/c21-14-8-12(9-20(14)10-13-2-1-7-23-13)15-18-16(22-19-15)11-3-5-17-6-4-11/h1-7,12H,8-10H2/t12-/m0/s1. The smallest absolute Gasteiger partial charge is 0.258 e. The highest BCUT2D eigenvalue weighted by Crippen LogP contribution is 2.29. The van der Waals surface area contributed by atoms with Crippen molar-refractivity contribution < 1.29 is 9.32 Å². The van der Waals surface area contributed by atoms with Crippen molar-refractivity contribution in [2.45, 2.75) is 18.9 Å². The van der Waals surface area contributed by atoms with Gasteiger partial charge in [-0.3, -0.25) is 9.78 Å². The Bertz CT molecular complexity index is 801. The monoisotopic (exact) mass is 326 g/mol. The van der Waals surface area contributed by atoms with Crippen molar-refractivity contribution in [3.63, 3.8) is 0 Å². The highest BCUT2D eigenvalue weighted by Gasteiger charge is 2.33. The van der Waals surface area contributed by atoms with Crippen molar-refractivity contribution in [3.8, 4) is 11.5 Å². The molecule has 1 aliphatic rings. The first-order valence-electron chi connectivity index (χ1n) is 7.34. The molecule has 23 heavy (non-hydrogen) atoms. The van der Waals surface area contributed by atoms with Crippen LogP contribution in [0.25, 0.3) is 11.5 Å². The van der Waals surface area contributed by atoms with Crippen molar-refractivity contribution in [1.82, 2.24) is 20.0 Å². The number of hydrogen-bond acceptors (Lipinski definition) is 6. The van der Waals surface area contributed by atoms with E-state index in [1.54, 1.807) is 23.7 Å². The Hall–Kier alpha value is -2.54. The van der Waals surface area contributed by atoms with Crippen LogP contribution in [0.4, 0.5) is 0 Å². The van der Waals surface area contributed by atoms with E-state index >= 15 is 0 Å². The normalized spacial score (nSPS) is 17.8. The van der Waals surface area contributed by atoms with Gasteiger partial charge in [-0.1, -0.05) is 11.2 Å². The summed E-state index contributed by atoms with van der Waals surface area (Å²) in [5.74, 6) is 1.19. The molecular weight excluding hydrogens is 312 g/mol. The molecule has 1 amide bonds. The quantitative estimate of drug-likeness (QED) is 0.737. The van der Waals surface area contributed by atoms with Gasteiger partial charge in [-0.2, -0.15) is 4.98 Å². The van der Waals surface area contributed by atoms with Gasteiger partial charge in [-0.05, 0) is 23.6 Å². The Morgan fingerprint density at radius 3 is 2.96 bits per heavy atom. The Balaban J connectivity index is 1.49. The molecule has 3 aromatic heterocycles. The maximum atomic E-state index is 12.2. The molecule has 0 saturated carbocycles. The van der Waals surface area contributed by atoms with Gasteiger partial charge in [0.15, 0.2) is 5.82 Å². The van der Waals surface area contributed by atoms with Crippen LogP contribution in [0.5, 0.6) is 0 Å². The molecule has 0 radical (unpaired) electrons. The molecule has 1 saturated heterocycles. The van der Waals surface area contributed by atoms with Gasteiger partial charge in [0.25, 0.3) is 5.89 Å². The minimum Gasteiger partial charge on any atom is -0.337 e. The van der Waals surface area contributed by atoms with Crippen LogP contribution in [-0.2, 0) is 11.3 Å². The van der Waals surface area contributed by atoms with Gasteiger partial charge in [0.05, 0.1) is 6.54 Å². The summed E-state index contributed by atoms with van der Waals surface area (Å²) in [6.07, 6.45) is 3.79. The summed E-state index contributed by atoms with van der Waals surface area (Å²) >= 11 is 1.66. The molecule has 0 unspecified atom stereocenters. The van der Waals surface area contributed by atoms with Gasteiger partial charge < -0.3 is 9.42 Å². The van der Waals surface area contributed by atoms with Crippen LogP contribution in [0, 0.1) is 0 Å². The van der Waals surface area contributed by atoms with E-state index in [2.05, 4.69) is 15.1 Å². The van der Waals surface area contributed by atoms with Gasteiger partial charge in [-0.25, -0.2) is 0 Å². The fraction of sp³-hybridized carbons (Fsp3) is 0.250. The van der Waals surface area contributed by atoms with Gasteiger partial charge in [0, 0.05) is 41.7 Å². The predicted molar refractivity (Wildman–Crippen MR) is 84.6 cm³/mol. The van der Waals surface area contributed by atoms with Crippen LogP contribution in [0.3, 0.4) is 0 Å². The lowest BCUT2D eigenvalue weighted by molar-refractivity contribution is -0.128. The number of pyridine rings is 1. The van der Waals surface area contributed by atoms with Crippen LogP contribution < -0.4 is 0 Å². The van der Waals surface area contributed by atoms with Crippen molar-refractivity contribution in [1.29, 1.82) is 0 Å². The largest absolute Gasteiger partial charge is 0.337 e. The lowest BCUT2D eigenvalue weighted by atomic mass is 10.1. The van der Waals surface area contributed by atoms with E-state index in [0.29, 0.717) is 31.2 Å². The maximum absolute atomic E-state index is 12.2. The topological polar surface area (TPSA) is 72.1 Å². The molecule has 1 aliphatic heterocycles. The van der Waals surface area contributed by atoms with Crippen molar-refractivity contribution in [2.24, 2.45) is 0 Å². The van der Waals surface area contributed by atoms with E-state index in [1.165, 1.54) is 4.88 Å². The fourth-order valence-electron chi connectivity index (χ4n) is 2.70. The lowest BCUT2D eigenvalue weighted by Crippen LogP contribution is -2.23. The molecule has 3 aromatic rings. The molecule has 1 atom stereocenters. The Kier molecular flexibility index (Phi) is 3.63. The lowest BCUT2D eigenvalue weighted by Gasteiger charge is -2.14. The van der Waals surface area contributed by atoms with Gasteiger partial charge in [0.1, 0.15) is 0 Å². The highest BCUT2D eigenvalue weighted by atomic mass is 32.1. The van der Waals surface area contributed by atoms with E-state index in [4.69, 9.17) is 4.52 Å². The highest BCUT2D eigenvalue weighted by molar-refractivity contribution is 7.09. The van der Waals surface area contributed by atoms with E-state index < -0.39 is 0 Å². The average Bonchev–Trinajstić information content (AvgIpc) is 3.31. The second-order valence-corrected chi connectivity index (χ2v) is 6.48. The number of carbonyl (C=O) groups is 1. The number of rotatable bonds is 4. The summed E-state index contributed by atoms with van der Waals surface area (Å²) < 4.78 is 5.32. The number of carbonyl (C=O) groups excluding carboxylic acids is 1. The molecule has 0 bridgehead atoms. The summed E-state index contributed by atoms with van der Waals surface area (Å²) in [7, 11) is 0. The van der Waals surface area contributed by atoms with Crippen LogP contribution >= 0.6 is 11.3 Å². The van der Waals surface area contributed by atoms with Crippen molar-refractivity contribution in [2.75, 3.05) is 6.54 Å². The molecule has 4 rings (SSSR count). The van der Waals surface area contributed by atoms with Crippen LogP contribution in [0.1, 0.15) is 23.0 Å². The third-order valence-electron chi connectivity index (χ3n) is 3.88. The minimum atomic E-state index is -0.0122. The van der Waals surface area contributed by atoms with Crippen molar-refractivity contribution >= 4 is 17.2 Å². The van der Waals surface area contributed by atoms with Gasteiger partial charge in [-0.15, -0.1) is 11.3 Å². The molecule has 7 heteroatoms. The molecule has 0 spiro atoms. The Morgan fingerprint density at radius 2 is 2.17 bits per heavy atom. The molecular formula is C16H14N4O2S. The molecule has 4 heterocycles. The molecule has 6 nitrogen and oxygen atoms in total. The number of likely N-dealkylation sites (tertiary alicyclic amines) is 1. The first-order chi connectivity index (χ1) is 11.3. The molecule has 1 fully saturated rings. The number of amides is 1. The third-order valence-corrected chi connectivity index (χ3v) is 4.74. The molecule has 0 aliphatic carbocycles. The second kappa shape index (κ2) is 5.92. The predicted octanol–water partition coefficient (Wildman–Crippen LogP) is 2.71. The zero-order chi connectivity index (χ0) is 15.6. The zero-order valence-electron chi connectivity index (χ0n) is 12.3. The summed E-state index contributed by atoms with van der Waals surface area (Å²) in [4.78, 5) is 23.7. The molecule has 0 aromatic carbocycles. The number of thiophene rings is 1. The SMILES string of the molecule is O=C1C[C@H](c2noc(-c3ccncc3)n2)CN1Cc1cccs1. The first kappa shape index (κ1) is 14.1. The minimum absolute atomic E-state index is 0.0122. The average molecular weight is 326 g/mol. The van der Waals surface area contributed by atoms with Gasteiger partial charge in [0.2, 0.25) is 5.91 Å². The van der Waals surface area contributed by atoms with Crippen molar-refractivity contribution in [3.05, 3.63) is 52.7 Å². The van der Waals surface area contributed by atoms with Gasteiger partial charge >= 0.3 is 0 Å². The zero-order valence-corrected chi connectivity index (χ0v) is 13.1. The van der Waals surface area contributed by atoms with Crippen LogP contribution in [-0.4, -0.2) is 32.5 Å². The first-order valence-corrected chi connectivity index (χ1v) is 8.22. The van der Waals surface area contributed by atoms with E-state index in [9.17, 15) is 4.79 Å². The van der Waals surface area contributed by atoms with E-state index in [-0.39, 0.29) is 11.8 Å². The summed E-state index contributed by atoms with van der Waals surface area (Å²) in [6.45, 7) is 1.29. The third kappa shape index (κ3) is 2.87. The number of nitrogens with zero attached hydrogens (tertiary/aromatic N) is 4. The molecule has 0 N–H and O–H groups in total. The maximum Gasteiger partial charge on any atom is 0.258 e. The summed E-state index contributed by atoms with van der Waals surface area (Å²) in [5.41, 5.74) is 0.832. The van der Waals surface area contributed by atoms with E-state index in [0.717, 1.165) is 5.56 Å². The number of aromatic nitrogens is 3. The van der Waals surface area contributed by atoms with Crippen LogP contribution in [0.15, 0.2) is 46.6 Å². The fourth-order valence-corrected chi connectivity index (χ4v) is 3.42. The second-order valence-electron chi connectivity index (χ2n) is 5.45.